The van der Waals surface area contributed by atoms with Gasteiger partial charge in [-0.15, -0.1) is 0 Å². The van der Waals surface area contributed by atoms with E-state index in [1.807, 2.05) is 11.9 Å². The second kappa shape index (κ2) is 6.16. The maximum Gasteiger partial charge on any atom is 0.253 e. The van der Waals surface area contributed by atoms with Crippen molar-refractivity contribution in [3.05, 3.63) is 23.8 Å². The molecule has 0 aromatic heterocycles. The first-order valence-corrected chi connectivity index (χ1v) is 7.23. The maximum atomic E-state index is 12.5. The number of ether oxygens (including phenoxy) is 1. The van der Waals surface area contributed by atoms with Crippen LogP contribution in [0.15, 0.2) is 18.2 Å². The van der Waals surface area contributed by atoms with Gasteiger partial charge in [-0.1, -0.05) is 6.92 Å². The molecule has 4 nitrogen and oxygen atoms in total. The first-order valence-electron chi connectivity index (χ1n) is 7.23. The SMILES string of the molecule is COc1cc(C(=O)N(C)C2CCC(C)CC2)ccc1N. The van der Waals surface area contributed by atoms with E-state index in [-0.39, 0.29) is 5.91 Å². The number of carbonyl (C=O) groups is 1. The molecule has 110 valence electrons. The van der Waals surface area contributed by atoms with Crippen molar-refractivity contribution in [3.63, 3.8) is 0 Å². The van der Waals surface area contributed by atoms with Crippen molar-refractivity contribution >= 4 is 11.6 Å². The third kappa shape index (κ3) is 3.06. The number of nitrogen functional groups attached to an aromatic ring is 1. The summed E-state index contributed by atoms with van der Waals surface area (Å²) < 4.78 is 5.18. The predicted molar refractivity (Wildman–Crippen MR) is 80.9 cm³/mol. The van der Waals surface area contributed by atoms with Gasteiger partial charge < -0.3 is 15.4 Å². The highest BCUT2D eigenvalue weighted by molar-refractivity contribution is 5.95. The molecule has 1 aliphatic carbocycles. The maximum absolute atomic E-state index is 12.5. The summed E-state index contributed by atoms with van der Waals surface area (Å²) in [6, 6.07) is 5.56. The highest BCUT2D eigenvalue weighted by Gasteiger charge is 2.25. The number of methoxy groups -OCH3 is 1. The molecule has 0 atom stereocenters. The van der Waals surface area contributed by atoms with E-state index in [9.17, 15) is 4.79 Å². The van der Waals surface area contributed by atoms with Gasteiger partial charge in [-0.05, 0) is 49.8 Å². The van der Waals surface area contributed by atoms with Crippen LogP contribution in [0, 0.1) is 5.92 Å². The Balaban J connectivity index is 2.10. The van der Waals surface area contributed by atoms with Gasteiger partial charge in [-0.25, -0.2) is 0 Å². The Morgan fingerprint density at radius 1 is 1.30 bits per heavy atom. The molecule has 1 saturated carbocycles. The molecule has 1 amide bonds. The van der Waals surface area contributed by atoms with E-state index in [4.69, 9.17) is 10.5 Å². The van der Waals surface area contributed by atoms with Gasteiger partial charge in [0.15, 0.2) is 0 Å². The van der Waals surface area contributed by atoms with Gasteiger partial charge in [0.1, 0.15) is 5.75 Å². The summed E-state index contributed by atoms with van der Waals surface area (Å²) in [6.07, 6.45) is 4.59. The Kier molecular flexibility index (Phi) is 4.53. The monoisotopic (exact) mass is 276 g/mol. The third-order valence-corrected chi connectivity index (χ3v) is 4.33. The molecular formula is C16H24N2O2. The fraction of sp³-hybridized carbons (Fsp3) is 0.562. The molecule has 1 aromatic rings. The Hall–Kier alpha value is -1.71. The zero-order chi connectivity index (χ0) is 14.7. The molecule has 0 bridgehead atoms. The van der Waals surface area contributed by atoms with Crippen LogP contribution in [0.2, 0.25) is 0 Å². The van der Waals surface area contributed by atoms with E-state index in [1.54, 1.807) is 25.3 Å². The topological polar surface area (TPSA) is 55.6 Å². The quantitative estimate of drug-likeness (QED) is 0.864. The van der Waals surface area contributed by atoms with Crippen LogP contribution < -0.4 is 10.5 Å². The van der Waals surface area contributed by atoms with Crippen molar-refractivity contribution in [2.75, 3.05) is 19.9 Å². The second-order valence-corrected chi connectivity index (χ2v) is 5.79. The lowest BCUT2D eigenvalue weighted by molar-refractivity contribution is 0.0679. The van der Waals surface area contributed by atoms with Gasteiger partial charge >= 0.3 is 0 Å². The highest BCUT2D eigenvalue weighted by Crippen LogP contribution is 2.28. The van der Waals surface area contributed by atoms with Crippen molar-refractivity contribution in [1.82, 2.24) is 4.90 Å². The van der Waals surface area contributed by atoms with E-state index >= 15 is 0 Å². The fourth-order valence-corrected chi connectivity index (χ4v) is 2.84. The lowest BCUT2D eigenvalue weighted by Crippen LogP contribution is -2.39. The molecule has 1 fully saturated rings. The van der Waals surface area contributed by atoms with Gasteiger partial charge in [-0.2, -0.15) is 0 Å². The van der Waals surface area contributed by atoms with Crippen LogP contribution in [-0.2, 0) is 0 Å². The number of hydrogen-bond donors (Lipinski definition) is 1. The van der Waals surface area contributed by atoms with E-state index in [1.165, 1.54) is 12.8 Å². The molecule has 0 unspecified atom stereocenters. The molecule has 0 spiro atoms. The molecule has 1 aromatic carbocycles. The van der Waals surface area contributed by atoms with Gasteiger partial charge in [0.2, 0.25) is 0 Å². The minimum Gasteiger partial charge on any atom is -0.495 e. The number of rotatable bonds is 3. The summed E-state index contributed by atoms with van der Waals surface area (Å²) in [7, 11) is 3.46. The Morgan fingerprint density at radius 2 is 1.95 bits per heavy atom. The number of carbonyl (C=O) groups excluding carboxylic acids is 1. The minimum atomic E-state index is 0.0443. The van der Waals surface area contributed by atoms with Crippen LogP contribution in [0.1, 0.15) is 43.0 Å². The zero-order valence-electron chi connectivity index (χ0n) is 12.6. The standard InChI is InChI=1S/C16H24N2O2/c1-11-4-7-13(8-5-11)18(2)16(19)12-6-9-14(17)15(10-12)20-3/h6,9-11,13H,4-5,7-8,17H2,1-3H3. The molecule has 1 aliphatic rings. The predicted octanol–water partition coefficient (Wildman–Crippen LogP) is 2.93. The minimum absolute atomic E-state index is 0.0443. The first-order chi connectivity index (χ1) is 9.52. The molecule has 0 saturated heterocycles. The summed E-state index contributed by atoms with van der Waals surface area (Å²) in [5.41, 5.74) is 6.97. The molecule has 0 heterocycles. The molecule has 2 N–H and O–H groups in total. The number of benzene rings is 1. The molecule has 2 rings (SSSR count). The van der Waals surface area contributed by atoms with E-state index in [0.717, 1.165) is 18.8 Å². The van der Waals surface area contributed by atoms with Gasteiger partial charge in [-0.3, -0.25) is 4.79 Å². The van der Waals surface area contributed by atoms with Crippen LogP contribution in [0.25, 0.3) is 0 Å². The zero-order valence-corrected chi connectivity index (χ0v) is 12.6. The highest BCUT2D eigenvalue weighted by atomic mass is 16.5. The van der Waals surface area contributed by atoms with E-state index in [2.05, 4.69) is 6.92 Å². The Morgan fingerprint density at radius 3 is 2.55 bits per heavy atom. The molecule has 20 heavy (non-hydrogen) atoms. The molecule has 0 aliphatic heterocycles. The molecule has 0 radical (unpaired) electrons. The number of nitrogens with zero attached hydrogens (tertiary/aromatic N) is 1. The smallest absolute Gasteiger partial charge is 0.253 e. The van der Waals surface area contributed by atoms with Crippen molar-refractivity contribution in [1.29, 1.82) is 0 Å². The fourth-order valence-electron chi connectivity index (χ4n) is 2.84. The van der Waals surface area contributed by atoms with Gasteiger partial charge in [0, 0.05) is 18.7 Å². The van der Waals surface area contributed by atoms with Crippen LogP contribution in [0.3, 0.4) is 0 Å². The second-order valence-electron chi connectivity index (χ2n) is 5.79. The number of nitrogens with two attached hydrogens (primary N) is 1. The average molecular weight is 276 g/mol. The largest absolute Gasteiger partial charge is 0.495 e. The van der Waals surface area contributed by atoms with Crippen molar-refractivity contribution in [2.45, 2.75) is 38.6 Å². The summed E-state index contributed by atoms with van der Waals surface area (Å²) in [6.45, 7) is 2.28. The van der Waals surface area contributed by atoms with Crippen LogP contribution >= 0.6 is 0 Å². The first kappa shape index (κ1) is 14.7. The van der Waals surface area contributed by atoms with Gasteiger partial charge in [0.05, 0.1) is 12.8 Å². The van der Waals surface area contributed by atoms with Crippen molar-refractivity contribution in [3.8, 4) is 5.75 Å². The van der Waals surface area contributed by atoms with Crippen molar-refractivity contribution in [2.24, 2.45) is 5.92 Å². The summed E-state index contributed by atoms with van der Waals surface area (Å²) in [5.74, 6) is 1.38. The molecular weight excluding hydrogens is 252 g/mol. The van der Waals surface area contributed by atoms with Crippen LogP contribution in [0.4, 0.5) is 5.69 Å². The average Bonchev–Trinajstić information content (AvgIpc) is 2.47. The van der Waals surface area contributed by atoms with Crippen LogP contribution in [-0.4, -0.2) is 31.0 Å². The summed E-state index contributed by atoms with van der Waals surface area (Å²) >= 11 is 0. The lowest BCUT2D eigenvalue weighted by atomic mass is 9.86. The summed E-state index contributed by atoms with van der Waals surface area (Å²) in [5, 5.41) is 0. The van der Waals surface area contributed by atoms with Gasteiger partial charge in [0.25, 0.3) is 5.91 Å². The normalized spacial score (nSPS) is 22.4. The lowest BCUT2D eigenvalue weighted by Gasteiger charge is -2.33. The van der Waals surface area contributed by atoms with Crippen molar-refractivity contribution < 1.29 is 9.53 Å². The third-order valence-electron chi connectivity index (χ3n) is 4.33. The molecule has 4 heteroatoms. The van der Waals surface area contributed by atoms with E-state index in [0.29, 0.717) is 23.0 Å². The van der Waals surface area contributed by atoms with E-state index < -0.39 is 0 Å². The Labute approximate surface area is 120 Å². The number of anilines is 1. The Bertz CT molecular complexity index is 479. The van der Waals surface area contributed by atoms with Crippen LogP contribution in [0.5, 0.6) is 5.75 Å². The number of hydrogen-bond acceptors (Lipinski definition) is 3. The summed E-state index contributed by atoms with van der Waals surface area (Å²) in [4.78, 5) is 14.4. The number of amides is 1.